The molecule has 60 heavy (non-hydrogen) atoms. The van der Waals surface area contributed by atoms with Gasteiger partial charge in [0.15, 0.2) is 17.5 Å². The molecule has 2 heterocycles. The molecule has 15 heteroatoms. The average Bonchev–Trinajstić information content (AvgIpc) is 3.69. The molecule has 252 valence electrons. The van der Waals surface area contributed by atoms with Crippen molar-refractivity contribution in [2.75, 3.05) is 0 Å². The molecule has 0 saturated heterocycles. The molecule has 7 aromatic carbocycles. The Morgan fingerprint density at radius 3 is 1.23 bits per heavy atom. The van der Waals surface area contributed by atoms with Crippen LogP contribution in [0.5, 0.6) is 0 Å². The zero-order valence-corrected chi connectivity index (χ0v) is 32.8. The lowest BCUT2D eigenvalue weighted by Gasteiger charge is -2.26. The van der Waals surface area contributed by atoms with Crippen LogP contribution in [0.3, 0.4) is 0 Å². The number of aromatic nitrogens is 3. The molecule has 0 amide bonds. The number of nitrogens with zero attached hydrogens (tertiary/aromatic N) is 3. The third-order valence-corrected chi connectivity index (χ3v) is 12.1. The van der Waals surface area contributed by atoms with Crippen molar-refractivity contribution in [1.82, 2.24) is 15.0 Å². The summed E-state index contributed by atoms with van der Waals surface area (Å²) in [7, 11) is 72.5. The van der Waals surface area contributed by atoms with Crippen molar-refractivity contribution in [3.8, 4) is 67.5 Å². The quantitative estimate of drug-likeness (QED) is 0.205. The molecule has 0 saturated carbocycles. The zero-order valence-electron chi connectivity index (χ0n) is 32.0. The maximum absolute atomic E-state index is 6.97. The molecule has 0 spiro atoms. The number of hydrogen-bond donors (Lipinski definition) is 0. The summed E-state index contributed by atoms with van der Waals surface area (Å²) >= 11 is 1.26. The van der Waals surface area contributed by atoms with Crippen molar-refractivity contribution in [2.24, 2.45) is 0 Å². The van der Waals surface area contributed by atoms with Gasteiger partial charge in [0, 0.05) is 26.1 Å². The summed E-state index contributed by atoms with van der Waals surface area (Å²) in [6.07, 6.45) is 0. The molecular weight excluding hydrogens is 734 g/mol. The fourth-order valence-electron chi connectivity index (χ4n) is 7.64. The summed E-state index contributed by atoms with van der Waals surface area (Å²) in [4.78, 5) is 15.0. The molecule has 2 aromatic heterocycles. The number of benzene rings is 7. The van der Waals surface area contributed by atoms with E-state index in [0.29, 0.717) is 37.4 Å². The van der Waals surface area contributed by atoms with Crippen LogP contribution in [0.25, 0.3) is 87.7 Å². The lowest BCUT2D eigenvalue weighted by atomic mass is 9.57. The van der Waals surface area contributed by atoms with E-state index in [4.69, 9.17) is 101 Å². The van der Waals surface area contributed by atoms with Crippen LogP contribution in [-0.4, -0.2) is 101 Å². The second kappa shape index (κ2) is 15.5. The monoisotopic (exact) mass is 753 g/mol. The van der Waals surface area contributed by atoms with Gasteiger partial charge in [-0.3, -0.25) is 0 Å². The second-order valence-electron chi connectivity index (χ2n) is 14.4. The molecule has 22 radical (unpaired) electrons. The van der Waals surface area contributed by atoms with Crippen LogP contribution in [0.1, 0.15) is 0 Å². The predicted octanol–water partition coefficient (Wildman–Crippen LogP) is -1.03. The SMILES string of the molecule is [B]c1c([B])c([B])c(-c2c([B])c([B])c3c(sc4c(-c5nc(-c6ccccc6)nc(-c6ccc(-c7cccc(-c8ccccc8)c7)cc6)n5)c([B])c([B])c([B])c43)c2[B])c([B])c1[B]. The molecule has 0 fully saturated rings. The minimum atomic E-state index is 0.0318. The summed E-state index contributed by atoms with van der Waals surface area (Å²) in [6.45, 7) is 0. The molecule has 0 atom stereocenters. The van der Waals surface area contributed by atoms with Crippen molar-refractivity contribution in [1.29, 1.82) is 0 Å². The minimum absolute atomic E-state index is 0.0318. The Morgan fingerprint density at radius 1 is 0.283 bits per heavy atom. The Balaban J connectivity index is 1.26. The van der Waals surface area contributed by atoms with Gasteiger partial charge in [0.2, 0.25) is 0 Å². The lowest BCUT2D eigenvalue weighted by Crippen LogP contribution is -2.56. The standard InChI is InChI=1S/C45H18B11N3S/c46-30-26(25-31(47)38(54)40(56)39(55)32(25)48)36(52)42-28(33(30)49)27-34(50)37(53)35(51)29(41(27)60-42)45-58-43(21-10-5-2-6-11-21)57-44(59-45)22-16-14-20(15-17-22)24-13-7-12-23(18-24)19-8-3-1-4-9-19/h1-18H. The number of fused-ring (bicyclic) bond motifs is 3. The summed E-state index contributed by atoms with van der Waals surface area (Å²) in [5, 5.41) is 0.930. The first-order valence-corrected chi connectivity index (χ1v) is 19.5. The highest BCUT2D eigenvalue weighted by molar-refractivity contribution is 7.28. The molecule has 0 unspecified atom stereocenters. The number of hydrogen-bond acceptors (Lipinski definition) is 4. The molecule has 0 aliphatic heterocycles. The van der Waals surface area contributed by atoms with Crippen LogP contribution in [-0.2, 0) is 0 Å². The Kier molecular flexibility index (Phi) is 10.3. The van der Waals surface area contributed by atoms with Crippen LogP contribution in [0.2, 0.25) is 0 Å². The molecular formula is C45H18B11N3S. The van der Waals surface area contributed by atoms with Crippen LogP contribution < -0.4 is 60.1 Å². The summed E-state index contributed by atoms with van der Waals surface area (Å²) in [5.74, 6) is 1.06. The Hall–Kier alpha value is -5.52. The minimum Gasteiger partial charge on any atom is -0.208 e. The van der Waals surface area contributed by atoms with E-state index < -0.39 is 0 Å². The highest BCUT2D eigenvalue weighted by Gasteiger charge is 2.25. The van der Waals surface area contributed by atoms with Gasteiger partial charge < -0.3 is 0 Å². The highest BCUT2D eigenvalue weighted by atomic mass is 32.1. The lowest BCUT2D eigenvalue weighted by molar-refractivity contribution is 1.08. The van der Waals surface area contributed by atoms with Gasteiger partial charge in [-0.25, -0.2) is 15.0 Å². The van der Waals surface area contributed by atoms with E-state index in [1.807, 2.05) is 72.8 Å². The first kappa shape index (κ1) is 39.9. The maximum Gasteiger partial charge on any atom is 0.164 e. The largest absolute Gasteiger partial charge is 0.208 e. The third kappa shape index (κ3) is 6.48. The molecule has 0 aliphatic rings. The first-order chi connectivity index (χ1) is 28.8. The summed E-state index contributed by atoms with van der Waals surface area (Å²) < 4.78 is 1.06. The average molecular weight is 752 g/mol. The van der Waals surface area contributed by atoms with Crippen LogP contribution >= 0.6 is 11.3 Å². The van der Waals surface area contributed by atoms with E-state index in [9.17, 15) is 0 Å². The predicted molar refractivity (Wildman–Crippen MR) is 265 cm³/mol. The topological polar surface area (TPSA) is 38.7 Å². The maximum atomic E-state index is 6.97. The molecule has 9 rings (SSSR count). The van der Waals surface area contributed by atoms with Crippen molar-refractivity contribution in [3.05, 3.63) is 109 Å². The fraction of sp³-hybridized carbons (Fsp3) is 0. The van der Waals surface area contributed by atoms with Gasteiger partial charge >= 0.3 is 0 Å². The highest BCUT2D eigenvalue weighted by Crippen LogP contribution is 2.37. The first-order valence-electron chi connectivity index (χ1n) is 18.6. The number of rotatable bonds is 6. The van der Waals surface area contributed by atoms with E-state index in [-0.39, 0.29) is 77.0 Å². The van der Waals surface area contributed by atoms with Gasteiger partial charge in [-0.15, -0.1) is 33.2 Å². The molecule has 3 nitrogen and oxygen atoms in total. The van der Waals surface area contributed by atoms with E-state index in [1.54, 1.807) is 0 Å². The van der Waals surface area contributed by atoms with Crippen LogP contribution in [0, 0.1) is 0 Å². The molecule has 0 aliphatic carbocycles. The van der Waals surface area contributed by atoms with E-state index in [2.05, 4.69) is 36.4 Å². The van der Waals surface area contributed by atoms with Gasteiger partial charge in [0.25, 0.3) is 0 Å². The van der Waals surface area contributed by atoms with Gasteiger partial charge in [-0.2, -0.15) is 0 Å². The van der Waals surface area contributed by atoms with E-state index in [1.165, 1.54) is 11.3 Å². The summed E-state index contributed by atoms with van der Waals surface area (Å²) in [6, 6.07) is 36.3. The molecule has 0 bridgehead atoms. The summed E-state index contributed by atoms with van der Waals surface area (Å²) in [5.41, 5.74) is 7.77. The van der Waals surface area contributed by atoms with E-state index >= 15 is 0 Å². The Labute approximate surface area is 367 Å². The molecule has 0 N–H and O–H groups in total. The van der Waals surface area contributed by atoms with Crippen molar-refractivity contribution in [2.45, 2.75) is 0 Å². The van der Waals surface area contributed by atoms with Crippen molar-refractivity contribution in [3.63, 3.8) is 0 Å². The van der Waals surface area contributed by atoms with Gasteiger partial charge in [0.05, 0.1) is 0 Å². The Morgan fingerprint density at radius 2 is 0.650 bits per heavy atom. The van der Waals surface area contributed by atoms with E-state index in [0.717, 1.165) is 33.4 Å². The second-order valence-corrected chi connectivity index (χ2v) is 15.4. The normalized spacial score (nSPS) is 11.4. The molecule has 9 aromatic rings. The van der Waals surface area contributed by atoms with Gasteiger partial charge in [0.1, 0.15) is 86.3 Å². The van der Waals surface area contributed by atoms with Gasteiger partial charge in [-0.1, -0.05) is 141 Å². The number of thiophene rings is 1. The van der Waals surface area contributed by atoms with Crippen LogP contribution in [0.4, 0.5) is 0 Å². The smallest absolute Gasteiger partial charge is 0.164 e. The van der Waals surface area contributed by atoms with Crippen molar-refractivity contribution < 1.29 is 0 Å². The Bertz CT molecular complexity index is 3180. The fourth-order valence-corrected chi connectivity index (χ4v) is 8.99. The van der Waals surface area contributed by atoms with Crippen LogP contribution in [0.15, 0.2) is 109 Å². The third-order valence-electron chi connectivity index (χ3n) is 10.9. The van der Waals surface area contributed by atoms with Crippen molar-refractivity contribution >= 4 is 178 Å². The zero-order chi connectivity index (χ0) is 42.1. The van der Waals surface area contributed by atoms with Gasteiger partial charge in [-0.05, 0) is 50.2 Å².